The van der Waals surface area contributed by atoms with E-state index >= 15 is 0 Å². The lowest BCUT2D eigenvalue weighted by Crippen LogP contribution is -2.48. The summed E-state index contributed by atoms with van der Waals surface area (Å²) in [6, 6.07) is 4.76. The second-order valence-corrected chi connectivity index (χ2v) is 5.82. The Morgan fingerprint density at radius 1 is 1.52 bits per heavy atom. The van der Waals surface area contributed by atoms with Gasteiger partial charge in [0.2, 0.25) is 0 Å². The third-order valence-corrected chi connectivity index (χ3v) is 4.25. The molecule has 2 rings (SSSR count). The van der Waals surface area contributed by atoms with Crippen LogP contribution in [0, 0.1) is 0 Å². The van der Waals surface area contributed by atoms with Gasteiger partial charge in [0.15, 0.2) is 6.61 Å². The van der Waals surface area contributed by atoms with Crippen molar-refractivity contribution in [2.24, 2.45) is 0 Å². The van der Waals surface area contributed by atoms with Crippen LogP contribution in [0.25, 0.3) is 0 Å². The second kappa shape index (κ2) is 6.83. The first kappa shape index (κ1) is 16.4. The molecule has 1 saturated heterocycles. The average molecular weight is 334 g/mol. The number of rotatable bonds is 5. The minimum absolute atomic E-state index is 0.137. The van der Waals surface area contributed by atoms with E-state index in [-0.39, 0.29) is 25.2 Å². The molecule has 1 heterocycles. The van der Waals surface area contributed by atoms with Crippen LogP contribution in [-0.2, 0) is 9.53 Å². The highest BCUT2D eigenvalue weighted by atomic mass is 35.5. The standard InChI is InChI=1S/C14H17Cl2NO4/c1-9-14(19,4-5-20-9)8-17-13(18)7-21-10-2-3-11(15)12(16)6-10/h2-3,6,9,19H,4-5,7-8H2,1H3,(H,17,18). The van der Waals surface area contributed by atoms with Gasteiger partial charge in [0, 0.05) is 25.6 Å². The van der Waals surface area contributed by atoms with Gasteiger partial charge in [-0.15, -0.1) is 0 Å². The Hall–Kier alpha value is -1.01. The summed E-state index contributed by atoms with van der Waals surface area (Å²) in [5, 5.41) is 13.7. The average Bonchev–Trinajstić information content (AvgIpc) is 2.78. The minimum atomic E-state index is -1.01. The van der Waals surface area contributed by atoms with Crippen molar-refractivity contribution in [1.29, 1.82) is 0 Å². The fourth-order valence-corrected chi connectivity index (χ4v) is 2.31. The van der Waals surface area contributed by atoms with Gasteiger partial charge < -0.3 is 19.9 Å². The van der Waals surface area contributed by atoms with E-state index in [0.717, 1.165) is 0 Å². The second-order valence-electron chi connectivity index (χ2n) is 5.01. The smallest absolute Gasteiger partial charge is 0.258 e. The molecule has 116 valence electrons. The van der Waals surface area contributed by atoms with E-state index in [1.807, 2.05) is 0 Å². The summed E-state index contributed by atoms with van der Waals surface area (Å²) in [5.74, 6) is 0.129. The van der Waals surface area contributed by atoms with E-state index in [2.05, 4.69) is 5.32 Å². The fraction of sp³-hybridized carbons (Fsp3) is 0.500. The van der Waals surface area contributed by atoms with Crippen LogP contribution in [0.5, 0.6) is 5.75 Å². The predicted octanol–water partition coefficient (Wildman–Crippen LogP) is 2.03. The van der Waals surface area contributed by atoms with Gasteiger partial charge in [-0.05, 0) is 19.1 Å². The topological polar surface area (TPSA) is 67.8 Å². The Kier molecular flexibility index (Phi) is 5.32. The van der Waals surface area contributed by atoms with Crippen molar-refractivity contribution in [1.82, 2.24) is 5.32 Å². The first-order valence-corrected chi connectivity index (χ1v) is 7.35. The lowest BCUT2D eigenvalue weighted by Gasteiger charge is -2.26. The van der Waals surface area contributed by atoms with Crippen LogP contribution in [0.3, 0.4) is 0 Å². The molecule has 2 atom stereocenters. The van der Waals surface area contributed by atoms with Crippen LogP contribution in [0.15, 0.2) is 18.2 Å². The lowest BCUT2D eigenvalue weighted by atomic mass is 9.97. The number of hydrogen-bond acceptors (Lipinski definition) is 4. The van der Waals surface area contributed by atoms with E-state index < -0.39 is 5.60 Å². The molecule has 0 aliphatic carbocycles. The summed E-state index contributed by atoms with van der Waals surface area (Å²) < 4.78 is 10.6. The Labute approximate surface area is 133 Å². The quantitative estimate of drug-likeness (QED) is 0.865. The van der Waals surface area contributed by atoms with Gasteiger partial charge >= 0.3 is 0 Å². The van der Waals surface area contributed by atoms with Crippen molar-refractivity contribution in [3.05, 3.63) is 28.2 Å². The molecule has 1 aliphatic heterocycles. The normalized spacial score (nSPS) is 24.9. The van der Waals surface area contributed by atoms with Crippen molar-refractivity contribution < 1.29 is 19.4 Å². The number of carbonyl (C=O) groups is 1. The highest BCUT2D eigenvalue weighted by Gasteiger charge is 2.39. The molecule has 1 aromatic rings. The summed E-state index contributed by atoms with van der Waals surface area (Å²) in [4.78, 5) is 11.7. The number of hydrogen-bond donors (Lipinski definition) is 2. The highest BCUT2D eigenvalue weighted by Crippen LogP contribution is 2.26. The van der Waals surface area contributed by atoms with Crippen molar-refractivity contribution in [3.63, 3.8) is 0 Å². The third-order valence-electron chi connectivity index (χ3n) is 3.51. The molecule has 0 bridgehead atoms. The van der Waals surface area contributed by atoms with E-state index in [1.54, 1.807) is 19.1 Å². The van der Waals surface area contributed by atoms with Crippen molar-refractivity contribution >= 4 is 29.1 Å². The predicted molar refractivity (Wildman–Crippen MR) is 79.9 cm³/mol. The van der Waals surface area contributed by atoms with Crippen LogP contribution < -0.4 is 10.1 Å². The number of amides is 1. The minimum Gasteiger partial charge on any atom is -0.484 e. The van der Waals surface area contributed by atoms with E-state index in [9.17, 15) is 9.90 Å². The van der Waals surface area contributed by atoms with Gasteiger partial charge in [-0.25, -0.2) is 0 Å². The third kappa shape index (κ3) is 4.23. The monoisotopic (exact) mass is 333 g/mol. The molecule has 0 aromatic heterocycles. The van der Waals surface area contributed by atoms with Gasteiger partial charge in [0.05, 0.1) is 16.1 Å². The van der Waals surface area contributed by atoms with Gasteiger partial charge in [-0.3, -0.25) is 4.79 Å². The van der Waals surface area contributed by atoms with E-state index in [0.29, 0.717) is 28.8 Å². The molecule has 1 aromatic carbocycles. The molecule has 1 amide bonds. The summed E-state index contributed by atoms with van der Waals surface area (Å²) in [5.41, 5.74) is -1.01. The molecule has 21 heavy (non-hydrogen) atoms. The number of carbonyl (C=O) groups excluding carboxylic acids is 1. The van der Waals surface area contributed by atoms with Crippen molar-refractivity contribution in [2.45, 2.75) is 25.0 Å². The highest BCUT2D eigenvalue weighted by molar-refractivity contribution is 6.42. The maximum Gasteiger partial charge on any atom is 0.258 e. The van der Waals surface area contributed by atoms with Crippen LogP contribution in [-0.4, -0.2) is 42.5 Å². The zero-order valence-corrected chi connectivity index (χ0v) is 13.1. The van der Waals surface area contributed by atoms with Crippen LogP contribution >= 0.6 is 23.2 Å². The summed E-state index contributed by atoms with van der Waals surface area (Å²) in [6.07, 6.45) is 0.205. The molecule has 0 saturated carbocycles. The summed E-state index contributed by atoms with van der Waals surface area (Å²) in [6.45, 7) is 2.25. The number of nitrogens with one attached hydrogen (secondary N) is 1. The van der Waals surface area contributed by atoms with E-state index in [4.69, 9.17) is 32.7 Å². The molecule has 2 N–H and O–H groups in total. The Bertz CT molecular complexity index is 526. The van der Waals surface area contributed by atoms with E-state index in [1.165, 1.54) is 6.07 Å². The molecule has 7 heteroatoms. The zero-order chi connectivity index (χ0) is 15.5. The lowest BCUT2D eigenvalue weighted by molar-refractivity contribution is -0.124. The Balaban J connectivity index is 1.78. The maximum atomic E-state index is 11.7. The number of ether oxygens (including phenoxy) is 2. The summed E-state index contributed by atoms with van der Waals surface area (Å²) >= 11 is 11.6. The number of benzene rings is 1. The van der Waals surface area contributed by atoms with Gasteiger partial charge in [0.1, 0.15) is 11.4 Å². The molecule has 1 aliphatic rings. The van der Waals surface area contributed by atoms with Crippen LogP contribution in [0.1, 0.15) is 13.3 Å². The molecule has 5 nitrogen and oxygen atoms in total. The Morgan fingerprint density at radius 2 is 2.29 bits per heavy atom. The van der Waals surface area contributed by atoms with Crippen LogP contribution in [0.4, 0.5) is 0 Å². The number of aliphatic hydroxyl groups is 1. The molecule has 1 fully saturated rings. The summed E-state index contributed by atoms with van der Waals surface area (Å²) in [7, 11) is 0. The van der Waals surface area contributed by atoms with Crippen molar-refractivity contribution in [2.75, 3.05) is 19.8 Å². The molecule has 2 unspecified atom stereocenters. The maximum absolute atomic E-state index is 11.7. The molecule has 0 radical (unpaired) electrons. The zero-order valence-electron chi connectivity index (χ0n) is 11.6. The van der Waals surface area contributed by atoms with Gasteiger partial charge in [-0.1, -0.05) is 23.2 Å². The van der Waals surface area contributed by atoms with Gasteiger partial charge in [0.25, 0.3) is 5.91 Å². The first-order chi connectivity index (χ1) is 9.90. The Morgan fingerprint density at radius 3 is 2.90 bits per heavy atom. The SMILES string of the molecule is CC1OCCC1(O)CNC(=O)COc1ccc(Cl)c(Cl)c1. The first-order valence-electron chi connectivity index (χ1n) is 6.59. The fourth-order valence-electron chi connectivity index (χ4n) is 2.02. The van der Waals surface area contributed by atoms with Gasteiger partial charge in [-0.2, -0.15) is 0 Å². The molecule has 0 spiro atoms. The number of halogens is 2. The van der Waals surface area contributed by atoms with Crippen molar-refractivity contribution in [3.8, 4) is 5.75 Å². The molecular formula is C14H17Cl2NO4. The largest absolute Gasteiger partial charge is 0.484 e. The van der Waals surface area contributed by atoms with Crippen LogP contribution in [0.2, 0.25) is 10.0 Å². The molecular weight excluding hydrogens is 317 g/mol.